The van der Waals surface area contributed by atoms with Gasteiger partial charge in [0.25, 0.3) is 0 Å². The molecule has 2 atom stereocenters. The second kappa shape index (κ2) is 22.0. The maximum absolute atomic E-state index is 13.1. The van der Waals surface area contributed by atoms with Crippen molar-refractivity contribution >= 4 is 30.2 Å². The lowest BCUT2D eigenvalue weighted by Crippen LogP contribution is -2.53. The Labute approximate surface area is 272 Å². The highest BCUT2D eigenvalue weighted by Crippen LogP contribution is 2.17. The van der Waals surface area contributed by atoms with E-state index in [4.69, 9.17) is 14.2 Å². The zero-order valence-electron chi connectivity index (χ0n) is 29.8. The fourth-order valence-electron chi connectivity index (χ4n) is 4.60. The van der Waals surface area contributed by atoms with Crippen LogP contribution in [0.4, 0.5) is 4.79 Å². The van der Waals surface area contributed by atoms with Crippen LogP contribution in [0, 0.1) is 0 Å². The third-order valence-corrected chi connectivity index (χ3v) is 6.62. The van der Waals surface area contributed by atoms with Crippen molar-refractivity contribution in [3.8, 4) is 0 Å². The van der Waals surface area contributed by atoms with E-state index in [0.717, 1.165) is 44.8 Å². The number of carbonyl (C=O) groups is 5. The molecule has 0 aromatic carbocycles. The van der Waals surface area contributed by atoms with Crippen molar-refractivity contribution in [2.45, 2.75) is 194 Å². The SMILES string of the molecule is CC(C)(C)OC(=O)CC[C@H](NC(=O)N[C@@H](CCCCCCCCCCCCCCC=O)C(=O)OC(C)(C)C)C(=O)OC(C)(C)C. The van der Waals surface area contributed by atoms with E-state index in [1.807, 2.05) is 0 Å². The van der Waals surface area contributed by atoms with Crippen molar-refractivity contribution in [2.24, 2.45) is 0 Å². The Balaban J connectivity index is 4.94. The van der Waals surface area contributed by atoms with E-state index in [2.05, 4.69) is 10.6 Å². The molecule has 0 bridgehead atoms. The third-order valence-electron chi connectivity index (χ3n) is 6.62. The molecule has 2 amide bonds. The Morgan fingerprint density at radius 1 is 0.533 bits per heavy atom. The normalized spacial score (nSPS) is 13.4. The van der Waals surface area contributed by atoms with Gasteiger partial charge in [0.05, 0.1) is 0 Å². The first-order valence-corrected chi connectivity index (χ1v) is 17.0. The molecule has 0 saturated heterocycles. The van der Waals surface area contributed by atoms with Crippen molar-refractivity contribution in [1.82, 2.24) is 10.6 Å². The molecule has 0 aromatic rings. The minimum absolute atomic E-state index is 0.0181. The molecule has 2 N–H and O–H groups in total. The minimum Gasteiger partial charge on any atom is -0.460 e. The van der Waals surface area contributed by atoms with Crippen LogP contribution in [0.5, 0.6) is 0 Å². The van der Waals surface area contributed by atoms with Crippen molar-refractivity contribution in [1.29, 1.82) is 0 Å². The number of nitrogens with one attached hydrogen (secondary N) is 2. The molecule has 10 heteroatoms. The number of aldehydes is 1. The summed E-state index contributed by atoms with van der Waals surface area (Å²) in [5.41, 5.74) is -2.20. The molecular formula is C35H64N2O8. The molecule has 45 heavy (non-hydrogen) atoms. The summed E-state index contributed by atoms with van der Waals surface area (Å²) in [5, 5.41) is 5.30. The predicted octanol–water partition coefficient (Wildman–Crippen LogP) is 7.49. The molecule has 0 spiro atoms. The van der Waals surface area contributed by atoms with Crippen LogP contribution in [0.3, 0.4) is 0 Å². The summed E-state index contributed by atoms with van der Waals surface area (Å²) in [7, 11) is 0. The number of urea groups is 1. The van der Waals surface area contributed by atoms with Crippen LogP contribution in [-0.4, -0.2) is 59.1 Å². The van der Waals surface area contributed by atoms with Gasteiger partial charge in [-0.25, -0.2) is 14.4 Å². The highest BCUT2D eigenvalue weighted by atomic mass is 16.6. The molecule has 0 fully saturated rings. The summed E-state index contributed by atoms with van der Waals surface area (Å²) < 4.78 is 16.4. The van der Waals surface area contributed by atoms with Crippen LogP contribution in [-0.2, 0) is 33.4 Å². The van der Waals surface area contributed by atoms with Crippen LogP contribution in [0.2, 0.25) is 0 Å². The monoisotopic (exact) mass is 640 g/mol. The Morgan fingerprint density at radius 2 is 0.889 bits per heavy atom. The molecule has 0 rings (SSSR count). The Bertz CT molecular complexity index is 884. The summed E-state index contributed by atoms with van der Waals surface area (Å²) in [6.07, 6.45) is 15.2. The predicted molar refractivity (Wildman–Crippen MR) is 177 cm³/mol. The largest absolute Gasteiger partial charge is 0.460 e. The second-order valence-corrected chi connectivity index (χ2v) is 14.9. The molecule has 0 aliphatic rings. The number of ether oxygens (including phenoxy) is 3. The van der Waals surface area contributed by atoms with Crippen molar-refractivity contribution in [2.75, 3.05) is 0 Å². The van der Waals surface area contributed by atoms with Crippen LogP contribution < -0.4 is 10.6 Å². The lowest BCUT2D eigenvalue weighted by Gasteiger charge is -2.27. The lowest BCUT2D eigenvalue weighted by atomic mass is 10.0. The van der Waals surface area contributed by atoms with Gasteiger partial charge in [0.1, 0.15) is 35.2 Å². The summed E-state index contributed by atoms with van der Waals surface area (Å²) in [6, 6.07) is -2.71. The van der Waals surface area contributed by atoms with Crippen LogP contribution in [0.15, 0.2) is 0 Å². The Morgan fingerprint density at radius 3 is 1.27 bits per heavy atom. The summed E-state index contributed by atoms with van der Waals surface area (Å²) in [4.78, 5) is 61.6. The van der Waals surface area contributed by atoms with E-state index in [9.17, 15) is 24.0 Å². The number of carbonyl (C=O) groups excluding carboxylic acids is 5. The van der Waals surface area contributed by atoms with Gasteiger partial charge in [-0.3, -0.25) is 4.79 Å². The van der Waals surface area contributed by atoms with Crippen molar-refractivity contribution in [3.05, 3.63) is 0 Å². The zero-order valence-corrected chi connectivity index (χ0v) is 29.8. The summed E-state index contributed by atoms with van der Waals surface area (Å²) in [6.45, 7) is 15.7. The van der Waals surface area contributed by atoms with Gasteiger partial charge >= 0.3 is 23.9 Å². The molecule has 0 saturated carbocycles. The number of hydrogen-bond donors (Lipinski definition) is 2. The first kappa shape index (κ1) is 42.3. The second-order valence-electron chi connectivity index (χ2n) is 14.9. The number of amides is 2. The van der Waals surface area contributed by atoms with E-state index in [1.165, 1.54) is 38.5 Å². The average Bonchev–Trinajstić information content (AvgIpc) is 2.87. The van der Waals surface area contributed by atoms with Gasteiger partial charge in [-0.15, -0.1) is 0 Å². The number of rotatable bonds is 22. The quantitative estimate of drug-likeness (QED) is 0.0538. The molecule has 0 heterocycles. The van der Waals surface area contributed by atoms with Crippen molar-refractivity contribution < 1.29 is 38.2 Å². The number of hydrogen-bond acceptors (Lipinski definition) is 8. The van der Waals surface area contributed by atoms with Gasteiger partial charge in [-0.2, -0.15) is 0 Å². The van der Waals surface area contributed by atoms with Gasteiger partial charge < -0.3 is 29.6 Å². The molecule has 10 nitrogen and oxygen atoms in total. The molecule has 262 valence electrons. The van der Waals surface area contributed by atoms with Crippen LogP contribution >= 0.6 is 0 Å². The third kappa shape index (κ3) is 26.3. The topological polar surface area (TPSA) is 137 Å². The fraction of sp³-hybridized carbons (Fsp3) is 0.857. The summed E-state index contributed by atoms with van der Waals surface area (Å²) in [5.74, 6) is -1.71. The molecule has 0 radical (unpaired) electrons. The highest BCUT2D eigenvalue weighted by molar-refractivity contribution is 5.87. The van der Waals surface area contributed by atoms with Gasteiger partial charge in [-0.05, 0) is 81.6 Å². The van der Waals surface area contributed by atoms with E-state index in [1.54, 1.807) is 62.3 Å². The molecule has 0 aromatic heterocycles. The summed E-state index contributed by atoms with van der Waals surface area (Å²) >= 11 is 0. The maximum Gasteiger partial charge on any atom is 0.329 e. The van der Waals surface area contributed by atoms with E-state index < -0.39 is 52.8 Å². The zero-order chi connectivity index (χ0) is 34.5. The molecular weight excluding hydrogens is 576 g/mol. The first-order valence-electron chi connectivity index (χ1n) is 17.0. The number of unbranched alkanes of at least 4 members (excludes halogenated alkanes) is 12. The average molecular weight is 641 g/mol. The van der Waals surface area contributed by atoms with Crippen molar-refractivity contribution in [3.63, 3.8) is 0 Å². The van der Waals surface area contributed by atoms with E-state index >= 15 is 0 Å². The van der Waals surface area contributed by atoms with Gasteiger partial charge in [-0.1, -0.05) is 70.6 Å². The number of esters is 3. The van der Waals surface area contributed by atoms with Crippen LogP contribution in [0.25, 0.3) is 0 Å². The molecule has 0 unspecified atom stereocenters. The van der Waals surface area contributed by atoms with Gasteiger partial charge in [0, 0.05) is 12.8 Å². The fourth-order valence-corrected chi connectivity index (χ4v) is 4.60. The molecule has 0 aliphatic heterocycles. The Hall–Kier alpha value is -2.65. The lowest BCUT2D eigenvalue weighted by molar-refractivity contribution is -0.159. The van der Waals surface area contributed by atoms with Crippen LogP contribution in [0.1, 0.15) is 165 Å². The Kier molecular flexibility index (Phi) is 20.7. The van der Waals surface area contributed by atoms with Gasteiger partial charge in [0.15, 0.2) is 0 Å². The molecule has 0 aliphatic carbocycles. The standard InChI is InChI=1S/C35H64N2O8/c1-33(2,3)43-29(39)25-24-28(31(41)45-35(7,8)9)37-32(42)36-27(30(40)44-34(4,5)6)23-21-19-17-15-13-11-10-12-14-16-18-20-22-26-38/h26-28H,10-25H2,1-9H3,(H2,36,37,42)/t27-,28-/m0/s1. The smallest absolute Gasteiger partial charge is 0.329 e. The van der Waals surface area contributed by atoms with Gasteiger partial charge in [0.2, 0.25) is 0 Å². The highest BCUT2D eigenvalue weighted by Gasteiger charge is 2.31. The van der Waals surface area contributed by atoms with E-state index in [0.29, 0.717) is 12.8 Å². The first-order chi connectivity index (χ1) is 20.8. The van der Waals surface area contributed by atoms with E-state index in [-0.39, 0.29) is 12.8 Å². The maximum atomic E-state index is 13.1. The minimum atomic E-state index is -1.11.